The Labute approximate surface area is 117 Å². The van der Waals surface area contributed by atoms with Crippen LogP contribution >= 0.6 is 15.9 Å². The molecule has 1 aromatic rings. The predicted molar refractivity (Wildman–Crippen MR) is 78.8 cm³/mol. The van der Waals surface area contributed by atoms with Gasteiger partial charge in [-0.15, -0.1) is 0 Å². The van der Waals surface area contributed by atoms with E-state index in [0.29, 0.717) is 5.92 Å². The summed E-state index contributed by atoms with van der Waals surface area (Å²) in [6, 6.07) is 6.38. The third-order valence-electron chi connectivity index (χ3n) is 3.62. The van der Waals surface area contributed by atoms with E-state index in [9.17, 15) is 5.11 Å². The minimum absolute atomic E-state index is 0.0573. The number of aliphatic hydroxyl groups excluding tert-OH is 1. The van der Waals surface area contributed by atoms with Gasteiger partial charge in [-0.2, -0.15) is 0 Å². The monoisotopic (exact) mass is 312 g/mol. The first kappa shape index (κ1) is 13.8. The van der Waals surface area contributed by atoms with Crippen LogP contribution in [0.3, 0.4) is 0 Å². The Morgan fingerprint density at radius 2 is 2.33 bits per heavy atom. The number of halogens is 1. The van der Waals surface area contributed by atoms with E-state index < -0.39 is 0 Å². The Hall–Kier alpha value is -0.580. The first-order valence-corrected chi connectivity index (χ1v) is 7.32. The zero-order valence-electron chi connectivity index (χ0n) is 10.8. The minimum Gasteiger partial charge on any atom is -0.396 e. The lowest BCUT2D eigenvalue weighted by Crippen LogP contribution is -2.37. The Bertz CT molecular complexity index is 409. The Morgan fingerprint density at radius 1 is 1.56 bits per heavy atom. The molecule has 1 aliphatic rings. The van der Waals surface area contributed by atoms with Crippen molar-refractivity contribution in [3.63, 3.8) is 0 Å². The third-order valence-corrected chi connectivity index (χ3v) is 4.25. The molecule has 3 nitrogen and oxygen atoms in total. The number of nitrogens with two attached hydrogens (primary N) is 1. The van der Waals surface area contributed by atoms with Crippen molar-refractivity contribution in [1.82, 2.24) is 0 Å². The van der Waals surface area contributed by atoms with Crippen LogP contribution in [0.15, 0.2) is 22.7 Å². The highest BCUT2D eigenvalue weighted by Gasteiger charge is 2.21. The predicted octanol–water partition coefficient (Wildman–Crippen LogP) is 2.68. The van der Waals surface area contributed by atoms with Crippen LogP contribution < -0.4 is 10.6 Å². The van der Waals surface area contributed by atoms with Gasteiger partial charge in [0, 0.05) is 30.2 Å². The second-order valence-corrected chi connectivity index (χ2v) is 5.99. The second-order valence-electron chi connectivity index (χ2n) is 5.14. The van der Waals surface area contributed by atoms with Crippen LogP contribution in [-0.2, 0) is 0 Å². The standard InChI is InChI=1S/C14H21BrN2O/c1-10(16)12-4-5-14(13(15)7-12)17-6-2-3-11(8-17)9-18/h4-5,7,10-11,18H,2-3,6,8-9,16H2,1H3/t10-,11?/m0/s1. The molecule has 0 aromatic heterocycles. The zero-order valence-corrected chi connectivity index (χ0v) is 12.4. The van der Waals surface area contributed by atoms with E-state index in [0.717, 1.165) is 36.0 Å². The van der Waals surface area contributed by atoms with Crippen molar-refractivity contribution in [2.45, 2.75) is 25.8 Å². The van der Waals surface area contributed by atoms with Crippen LogP contribution in [0.2, 0.25) is 0 Å². The van der Waals surface area contributed by atoms with Crippen LogP contribution in [0, 0.1) is 5.92 Å². The lowest BCUT2D eigenvalue weighted by molar-refractivity contribution is 0.208. The van der Waals surface area contributed by atoms with E-state index in [1.54, 1.807) is 0 Å². The summed E-state index contributed by atoms with van der Waals surface area (Å²) in [5, 5.41) is 9.29. The third kappa shape index (κ3) is 3.05. The molecular weight excluding hydrogens is 292 g/mol. The van der Waals surface area contributed by atoms with E-state index in [1.807, 2.05) is 6.92 Å². The van der Waals surface area contributed by atoms with E-state index in [2.05, 4.69) is 39.0 Å². The molecular formula is C14H21BrN2O. The molecule has 1 unspecified atom stereocenters. The lowest BCUT2D eigenvalue weighted by Gasteiger charge is -2.34. The maximum atomic E-state index is 9.29. The van der Waals surface area contributed by atoms with Crippen molar-refractivity contribution in [1.29, 1.82) is 0 Å². The molecule has 4 heteroatoms. The van der Waals surface area contributed by atoms with Gasteiger partial charge in [0.05, 0.1) is 5.69 Å². The zero-order chi connectivity index (χ0) is 13.1. The van der Waals surface area contributed by atoms with Crippen LogP contribution in [-0.4, -0.2) is 24.8 Å². The first-order chi connectivity index (χ1) is 8.61. The number of nitrogens with zero attached hydrogens (tertiary/aromatic N) is 1. The lowest BCUT2D eigenvalue weighted by atomic mass is 9.98. The maximum absolute atomic E-state index is 9.29. The molecule has 1 aromatic carbocycles. The van der Waals surface area contributed by atoms with Crippen molar-refractivity contribution >= 4 is 21.6 Å². The number of hydrogen-bond acceptors (Lipinski definition) is 3. The molecule has 0 radical (unpaired) electrons. The smallest absolute Gasteiger partial charge is 0.0510 e. The normalized spacial score (nSPS) is 22.0. The SMILES string of the molecule is C[C@H](N)c1ccc(N2CCCC(CO)C2)c(Br)c1. The minimum atomic E-state index is 0.0573. The molecule has 0 bridgehead atoms. The molecule has 2 atom stereocenters. The summed E-state index contributed by atoms with van der Waals surface area (Å²) in [6.45, 7) is 4.27. The summed E-state index contributed by atoms with van der Waals surface area (Å²) in [5.41, 5.74) is 8.23. The van der Waals surface area contributed by atoms with E-state index in [1.165, 1.54) is 5.69 Å². The van der Waals surface area contributed by atoms with Crippen molar-refractivity contribution in [2.75, 3.05) is 24.6 Å². The molecule has 1 saturated heterocycles. The summed E-state index contributed by atoms with van der Waals surface area (Å²) in [7, 11) is 0. The first-order valence-electron chi connectivity index (χ1n) is 6.52. The Balaban J connectivity index is 2.17. The van der Waals surface area contributed by atoms with Gasteiger partial charge in [-0.3, -0.25) is 0 Å². The molecule has 0 amide bonds. The number of anilines is 1. The van der Waals surface area contributed by atoms with Gasteiger partial charge in [0.1, 0.15) is 0 Å². The topological polar surface area (TPSA) is 49.5 Å². The average molecular weight is 313 g/mol. The largest absolute Gasteiger partial charge is 0.396 e. The van der Waals surface area contributed by atoms with Crippen LogP contribution in [0.1, 0.15) is 31.4 Å². The summed E-state index contributed by atoms with van der Waals surface area (Å²) in [6.07, 6.45) is 2.27. The van der Waals surface area contributed by atoms with E-state index >= 15 is 0 Å². The van der Waals surface area contributed by atoms with Gasteiger partial charge in [0.15, 0.2) is 0 Å². The summed E-state index contributed by atoms with van der Waals surface area (Å²) in [4.78, 5) is 2.35. The van der Waals surface area contributed by atoms with E-state index in [-0.39, 0.29) is 12.6 Å². The number of benzene rings is 1. The van der Waals surface area contributed by atoms with Crippen molar-refractivity contribution in [2.24, 2.45) is 11.7 Å². The summed E-state index contributed by atoms with van der Waals surface area (Å²) < 4.78 is 1.09. The molecule has 3 N–H and O–H groups in total. The Morgan fingerprint density at radius 3 is 2.94 bits per heavy atom. The van der Waals surface area contributed by atoms with Crippen molar-refractivity contribution < 1.29 is 5.11 Å². The summed E-state index contributed by atoms with van der Waals surface area (Å²) >= 11 is 3.63. The molecule has 0 saturated carbocycles. The van der Waals surface area contributed by atoms with Crippen molar-refractivity contribution in [3.05, 3.63) is 28.2 Å². The molecule has 1 fully saturated rings. The highest BCUT2D eigenvalue weighted by Crippen LogP contribution is 2.31. The molecule has 2 rings (SSSR count). The van der Waals surface area contributed by atoms with Gasteiger partial charge in [0.25, 0.3) is 0 Å². The van der Waals surface area contributed by atoms with Gasteiger partial charge in [-0.05, 0) is 59.3 Å². The molecule has 0 aliphatic carbocycles. The second kappa shape index (κ2) is 6.04. The molecule has 1 aliphatic heterocycles. The molecule has 18 heavy (non-hydrogen) atoms. The average Bonchev–Trinajstić information content (AvgIpc) is 2.38. The molecule has 1 heterocycles. The highest BCUT2D eigenvalue weighted by atomic mass is 79.9. The van der Waals surface area contributed by atoms with E-state index in [4.69, 9.17) is 5.73 Å². The van der Waals surface area contributed by atoms with Gasteiger partial charge >= 0.3 is 0 Å². The number of hydrogen-bond donors (Lipinski definition) is 2. The van der Waals surface area contributed by atoms with Crippen LogP contribution in [0.4, 0.5) is 5.69 Å². The van der Waals surface area contributed by atoms with Gasteiger partial charge in [-0.25, -0.2) is 0 Å². The van der Waals surface area contributed by atoms with Gasteiger partial charge < -0.3 is 15.7 Å². The van der Waals surface area contributed by atoms with Crippen LogP contribution in [0.5, 0.6) is 0 Å². The van der Waals surface area contributed by atoms with Crippen LogP contribution in [0.25, 0.3) is 0 Å². The fourth-order valence-corrected chi connectivity index (χ4v) is 3.14. The quantitative estimate of drug-likeness (QED) is 0.902. The fourth-order valence-electron chi connectivity index (χ4n) is 2.50. The van der Waals surface area contributed by atoms with Gasteiger partial charge in [0.2, 0.25) is 0 Å². The summed E-state index contributed by atoms with van der Waals surface area (Å²) in [5.74, 6) is 0.402. The fraction of sp³-hybridized carbons (Fsp3) is 0.571. The number of piperidine rings is 1. The van der Waals surface area contributed by atoms with Crippen molar-refractivity contribution in [3.8, 4) is 0 Å². The van der Waals surface area contributed by atoms with Gasteiger partial charge in [-0.1, -0.05) is 6.07 Å². The molecule has 0 spiro atoms. The Kier molecular flexibility index (Phi) is 4.65. The maximum Gasteiger partial charge on any atom is 0.0510 e. The molecule has 100 valence electrons. The number of aliphatic hydroxyl groups is 1. The highest BCUT2D eigenvalue weighted by molar-refractivity contribution is 9.10. The number of rotatable bonds is 3.